The molecular formula is C11H16ClN3O2S. The number of piperidine rings is 1. The summed E-state index contributed by atoms with van der Waals surface area (Å²) in [6, 6.07) is 4.70. The second-order valence-corrected chi connectivity index (χ2v) is 6.41. The summed E-state index contributed by atoms with van der Waals surface area (Å²) in [4.78, 5) is 0. The minimum absolute atomic E-state index is 0.322. The number of hydrogen-bond donors (Lipinski definition) is 2. The molecule has 0 bridgehead atoms. The molecule has 0 unspecified atom stereocenters. The molecule has 5 nitrogen and oxygen atoms in total. The molecular weight excluding hydrogens is 274 g/mol. The first kappa shape index (κ1) is 13.5. The molecule has 0 radical (unpaired) electrons. The van der Waals surface area contributed by atoms with Gasteiger partial charge in [0.1, 0.15) is 0 Å². The number of anilines is 2. The van der Waals surface area contributed by atoms with Crippen LogP contribution in [0.3, 0.4) is 0 Å². The minimum Gasteiger partial charge on any atom is -0.397 e. The maximum absolute atomic E-state index is 12.1. The summed E-state index contributed by atoms with van der Waals surface area (Å²) in [6.45, 7) is 1.12. The molecule has 2 rings (SSSR count). The van der Waals surface area contributed by atoms with Gasteiger partial charge < -0.3 is 5.73 Å². The van der Waals surface area contributed by atoms with E-state index in [1.54, 1.807) is 12.1 Å². The van der Waals surface area contributed by atoms with Gasteiger partial charge in [0.05, 0.1) is 11.4 Å². The van der Waals surface area contributed by atoms with Crippen molar-refractivity contribution in [2.24, 2.45) is 0 Å². The van der Waals surface area contributed by atoms with Crippen LogP contribution in [0.1, 0.15) is 19.3 Å². The van der Waals surface area contributed by atoms with Crippen LogP contribution < -0.4 is 10.5 Å². The van der Waals surface area contributed by atoms with Crippen molar-refractivity contribution in [1.29, 1.82) is 0 Å². The van der Waals surface area contributed by atoms with Gasteiger partial charge in [-0.25, -0.2) is 0 Å². The van der Waals surface area contributed by atoms with Gasteiger partial charge in [0, 0.05) is 18.1 Å². The van der Waals surface area contributed by atoms with Crippen LogP contribution in [0.5, 0.6) is 0 Å². The normalized spacial score (nSPS) is 17.6. The lowest BCUT2D eigenvalue weighted by atomic mass is 10.2. The van der Waals surface area contributed by atoms with Crippen LogP contribution in [0, 0.1) is 0 Å². The molecule has 1 fully saturated rings. The first-order valence-electron chi connectivity index (χ1n) is 5.82. The van der Waals surface area contributed by atoms with Gasteiger partial charge in [-0.2, -0.15) is 12.7 Å². The molecule has 18 heavy (non-hydrogen) atoms. The van der Waals surface area contributed by atoms with Gasteiger partial charge >= 0.3 is 10.2 Å². The molecule has 1 saturated heterocycles. The van der Waals surface area contributed by atoms with Crippen molar-refractivity contribution >= 4 is 33.2 Å². The minimum atomic E-state index is -3.51. The van der Waals surface area contributed by atoms with Crippen LogP contribution in [0.4, 0.5) is 11.4 Å². The fourth-order valence-electron chi connectivity index (χ4n) is 1.94. The highest BCUT2D eigenvalue weighted by atomic mass is 35.5. The lowest BCUT2D eigenvalue weighted by molar-refractivity contribution is 0.349. The fraction of sp³-hybridized carbons (Fsp3) is 0.455. The van der Waals surface area contributed by atoms with Crippen molar-refractivity contribution < 1.29 is 8.42 Å². The fourth-order valence-corrected chi connectivity index (χ4v) is 3.45. The molecule has 1 heterocycles. The summed E-state index contributed by atoms with van der Waals surface area (Å²) in [5.74, 6) is 0. The number of nitrogens with zero attached hydrogens (tertiary/aromatic N) is 1. The Morgan fingerprint density at radius 1 is 1.22 bits per heavy atom. The Labute approximate surface area is 112 Å². The number of rotatable bonds is 3. The van der Waals surface area contributed by atoms with Crippen molar-refractivity contribution in [1.82, 2.24) is 4.31 Å². The van der Waals surface area contributed by atoms with E-state index in [-0.39, 0.29) is 0 Å². The van der Waals surface area contributed by atoms with Crippen LogP contribution in [0.2, 0.25) is 5.02 Å². The highest BCUT2D eigenvalue weighted by molar-refractivity contribution is 7.90. The Balaban J connectivity index is 2.16. The van der Waals surface area contributed by atoms with E-state index in [1.807, 2.05) is 0 Å². The van der Waals surface area contributed by atoms with E-state index in [9.17, 15) is 8.42 Å². The summed E-state index contributed by atoms with van der Waals surface area (Å²) in [5.41, 5.74) is 6.42. The largest absolute Gasteiger partial charge is 0.397 e. The molecule has 0 aliphatic carbocycles. The smallest absolute Gasteiger partial charge is 0.301 e. The number of benzene rings is 1. The monoisotopic (exact) mass is 289 g/mol. The molecule has 1 aliphatic heterocycles. The predicted molar refractivity (Wildman–Crippen MR) is 73.8 cm³/mol. The molecule has 0 amide bonds. The molecule has 1 aromatic carbocycles. The van der Waals surface area contributed by atoms with Crippen molar-refractivity contribution in [3.8, 4) is 0 Å². The van der Waals surface area contributed by atoms with Crippen molar-refractivity contribution in [2.45, 2.75) is 19.3 Å². The Morgan fingerprint density at radius 2 is 1.89 bits per heavy atom. The van der Waals surface area contributed by atoms with E-state index < -0.39 is 10.2 Å². The third-order valence-corrected chi connectivity index (χ3v) is 4.67. The molecule has 0 atom stereocenters. The molecule has 0 saturated carbocycles. The molecule has 7 heteroatoms. The zero-order valence-corrected chi connectivity index (χ0v) is 11.5. The molecule has 0 spiro atoms. The van der Waals surface area contributed by atoms with E-state index in [1.165, 1.54) is 10.4 Å². The Hall–Kier alpha value is -0.980. The molecule has 1 aliphatic rings. The highest BCUT2D eigenvalue weighted by Gasteiger charge is 2.24. The SMILES string of the molecule is Nc1cc(Cl)ccc1NS(=O)(=O)N1CCCCC1. The van der Waals surface area contributed by atoms with Crippen LogP contribution in [0.15, 0.2) is 18.2 Å². The maximum atomic E-state index is 12.1. The Bertz CT molecular complexity index is 527. The summed E-state index contributed by atoms with van der Waals surface area (Å²) < 4.78 is 28.2. The van der Waals surface area contributed by atoms with Crippen LogP contribution in [-0.4, -0.2) is 25.8 Å². The number of nitrogens with one attached hydrogen (secondary N) is 1. The van der Waals surface area contributed by atoms with E-state index in [4.69, 9.17) is 17.3 Å². The Morgan fingerprint density at radius 3 is 2.50 bits per heavy atom. The van der Waals surface area contributed by atoms with Crippen molar-refractivity contribution in [3.05, 3.63) is 23.2 Å². The predicted octanol–water partition coefficient (Wildman–Crippen LogP) is 2.06. The quantitative estimate of drug-likeness (QED) is 0.837. The maximum Gasteiger partial charge on any atom is 0.301 e. The lowest BCUT2D eigenvalue weighted by Crippen LogP contribution is -2.39. The van der Waals surface area contributed by atoms with Crippen LogP contribution in [-0.2, 0) is 10.2 Å². The van der Waals surface area contributed by atoms with Crippen molar-refractivity contribution in [3.63, 3.8) is 0 Å². The van der Waals surface area contributed by atoms with Gasteiger partial charge in [0.25, 0.3) is 0 Å². The number of nitrogen functional groups attached to an aromatic ring is 1. The molecule has 0 aromatic heterocycles. The summed E-state index contributed by atoms with van der Waals surface area (Å²) >= 11 is 5.77. The zero-order valence-electron chi connectivity index (χ0n) is 9.89. The highest BCUT2D eigenvalue weighted by Crippen LogP contribution is 2.25. The standard InChI is InChI=1S/C11H16ClN3O2S/c12-9-4-5-11(10(13)8-9)14-18(16,17)15-6-2-1-3-7-15/h4-5,8,14H,1-3,6-7,13H2. The first-order chi connectivity index (χ1) is 8.49. The van der Waals surface area contributed by atoms with Gasteiger partial charge in [0.15, 0.2) is 0 Å². The van der Waals surface area contributed by atoms with Gasteiger partial charge in [-0.3, -0.25) is 4.72 Å². The Kier molecular flexibility index (Phi) is 3.99. The number of hydrogen-bond acceptors (Lipinski definition) is 3. The number of halogens is 1. The zero-order chi connectivity index (χ0) is 13.2. The van der Waals surface area contributed by atoms with Crippen molar-refractivity contribution in [2.75, 3.05) is 23.5 Å². The third-order valence-electron chi connectivity index (χ3n) is 2.91. The molecule has 3 N–H and O–H groups in total. The molecule has 100 valence electrons. The van der Waals surface area contributed by atoms with E-state index in [0.29, 0.717) is 29.5 Å². The van der Waals surface area contributed by atoms with E-state index in [2.05, 4.69) is 4.72 Å². The van der Waals surface area contributed by atoms with E-state index in [0.717, 1.165) is 19.3 Å². The molecule has 1 aromatic rings. The average Bonchev–Trinajstić information content (AvgIpc) is 2.34. The topological polar surface area (TPSA) is 75.4 Å². The average molecular weight is 290 g/mol. The van der Waals surface area contributed by atoms with Gasteiger partial charge in [0.2, 0.25) is 0 Å². The number of nitrogens with two attached hydrogens (primary N) is 1. The lowest BCUT2D eigenvalue weighted by Gasteiger charge is -2.26. The summed E-state index contributed by atoms with van der Waals surface area (Å²) in [6.07, 6.45) is 2.88. The van der Waals surface area contributed by atoms with Crippen LogP contribution >= 0.6 is 11.6 Å². The van der Waals surface area contributed by atoms with Gasteiger partial charge in [-0.05, 0) is 31.0 Å². The third kappa shape index (κ3) is 3.07. The van der Waals surface area contributed by atoms with Gasteiger partial charge in [-0.15, -0.1) is 0 Å². The van der Waals surface area contributed by atoms with E-state index >= 15 is 0 Å². The second kappa shape index (κ2) is 5.34. The second-order valence-electron chi connectivity index (χ2n) is 4.30. The van der Waals surface area contributed by atoms with Crippen LogP contribution in [0.25, 0.3) is 0 Å². The summed E-state index contributed by atoms with van der Waals surface area (Å²) in [5, 5.41) is 0.480. The van der Waals surface area contributed by atoms with Gasteiger partial charge in [-0.1, -0.05) is 18.0 Å². The summed E-state index contributed by atoms with van der Waals surface area (Å²) in [7, 11) is -3.51. The first-order valence-corrected chi connectivity index (χ1v) is 7.64.